The number of anilines is 2. The lowest BCUT2D eigenvalue weighted by Gasteiger charge is -2.20. The summed E-state index contributed by atoms with van der Waals surface area (Å²) in [5.41, 5.74) is 1.47. The first-order chi connectivity index (χ1) is 15.6. The van der Waals surface area contributed by atoms with E-state index >= 15 is 0 Å². The molecule has 0 saturated heterocycles. The molecule has 0 saturated carbocycles. The third-order valence-corrected chi connectivity index (χ3v) is 5.19. The highest BCUT2D eigenvalue weighted by molar-refractivity contribution is 6.33. The van der Waals surface area contributed by atoms with Crippen LogP contribution in [0, 0.1) is 0 Å². The van der Waals surface area contributed by atoms with Crippen LogP contribution in [-0.2, 0) is 0 Å². The summed E-state index contributed by atoms with van der Waals surface area (Å²) in [6, 6.07) is 14.9. The van der Waals surface area contributed by atoms with Crippen molar-refractivity contribution in [1.82, 2.24) is 0 Å². The van der Waals surface area contributed by atoms with Crippen molar-refractivity contribution in [2.24, 2.45) is 0 Å². The Morgan fingerprint density at radius 3 is 2.50 bits per heavy atom. The number of carbonyl (C=O) groups excluding carboxylic acids is 2. The second-order valence-corrected chi connectivity index (χ2v) is 7.41. The molecule has 0 atom stereocenters. The average molecular weight is 453 g/mol. The normalized spacial score (nSPS) is 13.4. The summed E-state index contributed by atoms with van der Waals surface area (Å²) >= 11 is 6.24. The number of benzene rings is 3. The molecule has 5 rings (SSSR count). The maximum absolute atomic E-state index is 12.9. The number of para-hydroxylation sites is 1. The highest BCUT2D eigenvalue weighted by Gasteiger charge is 2.21. The van der Waals surface area contributed by atoms with Gasteiger partial charge < -0.3 is 29.6 Å². The van der Waals surface area contributed by atoms with E-state index in [4.69, 9.17) is 30.5 Å². The molecule has 9 heteroatoms. The van der Waals surface area contributed by atoms with Crippen molar-refractivity contribution >= 4 is 34.8 Å². The van der Waals surface area contributed by atoms with Crippen molar-refractivity contribution in [3.05, 3.63) is 70.7 Å². The zero-order chi connectivity index (χ0) is 22.1. The predicted octanol–water partition coefficient (Wildman–Crippen LogP) is 4.34. The van der Waals surface area contributed by atoms with Gasteiger partial charge in [0.25, 0.3) is 11.8 Å². The number of fused-ring (bicyclic) bond motifs is 2. The molecule has 0 bridgehead atoms. The topological polar surface area (TPSA) is 95.1 Å². The molecule has 3 aromatic rings. The molecule has 2 aliphatic rings. The first-order valence-electron chi connectivity index (χ1n) is 9.79. The van der Waals surface area contributed by atoms with Crippen LogP contribution < -0.4 is 29.6 Å². The minimum absolute atomic E-state index is 0.144. The SMILES string of the molecule is O=C(Nc1ccccc1C(=O)Nc1ccc2c(c1)OCO2)c1cc(Cl)c2c(c1)OCCO2. The molecule has 0 radical (unpaired) electrons. The van der Waals surface area contributed by atoms with Gasteiger partial charge >= 0.3 is 0 Å². The molecule has 0 spiro atoms. The summed E-state index contributed by atoms with van der Waals surface area (Å²) in [5, 5.41) is 5.86. The molecule has 8 nitrogen and oxygen atoms in total. The van der Waals surface area contributed by atoms with E-state index in [-0.39, 0.29) is 23.3 Å². The van der Waals surface area contributed by atoms with Gasteiger partial charge in [-0.15, -0.1) is 0 Å². The van der Waals surface area contributed by atoms with E-state index in [9.17, 15) is 9.59 Å². The Morgan fingerprint density at radius 2 is 1.59 bits per heavy atom. The van der Waals surface area contributed by atoms with Crippen LogP contribution in [0.25, 0.3) is 0 Å². The predicted molar refractivity (Wildman–Crippen MR) is 117 cm³/mol. The van der Waals surface area contributed by atoms with E-state index in [1.165, 1.54) is 6.07 Å². The number of amides is 2. The van der Waals surface area contributed by atoms with Gasteiger partial charge in [-0.25, -0.2) is 0 Å². The van der Waals surface area contributed by atoms with Crippen molar-refractivity contribution in [3.8, 4) is 23.0 Å². The molecule has 2 aliphatic heterocycles. The molecule has 2 amide bonds. The summed E-state index contributed by atoms with van der Waals surface area (Å²) in [7, 11) is 0. The van der Waals surface area contributed by atoms with Crippen molar-refractivity contribution < 1.29 is 28.5 Å². The zero-order valence-electron chi connectivity index (χ0n) is 16.6. The maximum Gasteiger partial charge on any atom is 0.257 e. The van der Waals surface area contributed by atoms with Gasteiger partial charge in [-0.05, 0) is 36.4 Å². The highest BCUT2D eigenvalue weighted by Crippen LogP contribution is 2.38. The minimum Gasteiger partial charge on any atom is -0.486 e. The van der Waals surface area contributed by atoms with Gasteiger partial charge in [-0.1, -0.05) is 23.7 Å². The fraction of sp³-hybridized carbons (Fsp3) is 0.130. The average Bonchev–Trinajstić information content (AvgIpc) is 3.27. The van der Waals surface area contributed by atoms with Crippen molar-refractivity contribution in [3.63, 3.8) is 0 Å². The van der Waals surface area contributed by atoms with Crippen molar-refractivity contribution in [2.75, 3.05) is 30.6 Å². The quantitative estimate of drug-likeness (QED) is 0.611. The minimum atomic E-state index is -0.438. The fourth-order valence-electron chi connectivity index (χ4n) is 3.40. The molecular formula is C23H17ClN2O6. The fourth-order valence-corrected chi connectivity index (χ4v) is 3.66. The monoisotopic (exact) mass is 452 g/mol. The van der Waals surface area contributed by atoms with Crippen LogP contribution in [0.2, 0.25) is 5.02 Å². The van der Waals surface area contributed by atoms with Gasteiger partial charge in [0.2, 0.25) is 6.79 Å². The summed E-state index contributed by atoms with van der Waals surface area (Å²) in [6.07, 6.45) is 0. The first kappa shape index (κ1) is 20.0. The van der Waals surface area contributed by atoms with Crippen LogP contribution in [0.4, 0.5) is 11.4 Å². The van der Waals surface area contributed by atoms with Crippen LogP contribution >= 0.6 is 11.6 Å². The smallest absolute Gasteiger partial charge is 0.257 e. The second-order valence-electron chi connectivity index (χ2n) is 7.00. The van der Waals surface area contributed by atoms with Crippen LogP contribution in [-0.4, -0.2) is 31.8 Å². The second kappa shape index (κ2) is 8.32. The van der Waals surface area contributed by atoms with Gasteiger partial charge in [0.1, 0.15) is 13.2 Å². The molecule has 2 heterocycles. The summed E-state index contributed by atoms with van der Waals surface area (Å²) < 4.78 is 21.6. The maximum atomic E-state index is 12.9. The van der Waals surface area contributed by atoms with E-state index in [1.807, 2.05) is 0 Å². The summed E-state index contributed by atoms with van der Waals surface area (Å²) in [5.74, 6) is 1.17. The lowest BCUT2D eigenvalue weighted by molar-refractivity contribution is 0.102. The third kappa shape index (κ3) is 3.88. The Morgan fingerprint density at radius 1 is 0.781 bits per heavy atom. The van der Waals surface area contributed by atoms with Crippen molar-refractivity contribution in [2.45, 2.75) is 0 Å². The Balaban J connectivity index is 1.36. The molecule has 2 N–H and O–H groups in total. The van der Waals surface area contributed by atoms with Gasteiger partial charge in [-0.3, -0.25) is 9.59 Å². The van der Waals surface area contributed by atoms with Crippen LogP contribution in [0.5, 0.6) is 23.0 Å². The Hall–Kier alpha value is -3.91. The Bertz CT molecular complexity index is 1230. The van der Waals surface area contributed by atoms with Gasteiger partial charge in [0.05, 0.1) is 16.3 Å². The van der Waals surface area contributed by atoms with Crippen LogP contribution in [0.1, 0.15) is 20.7 Å². The number of nitrogens with one attached hydrogen (secondary N) is 2. The lowest BCUT2D eigenvalue weighted by Crippen LogP contribution is -2.19. The molecule has 162 valence electrons. The van der Waals surface area contributed by atoms with Gasteiger partial charge in [0.15, 0.2) is 23.0 Å². The summed E-state index contributed by atoms with van der Waals surface area (Å²) in [4.78, 5) is 25.8. The number of rotatable bonds is 4. The summed E-state index contributed by atoms with van der Waals surface area (Å²) in [6.45, 7) is 0.910. The molecule has 0 aromatic heterocycles. The molecule has 0 unspecified atom stereocenters. The molecule has 3 aromatic carbocycles. The zero-order valence-corrected chi connectivity index (χ0v) is 17.4. The third-order valence-electron chi connectivity index (χ3n) is 4.91. The van der Waals surface area contributed by atoms with Crippen molar-refractivity contribution in [1.29, 1.82) is 0 Å². The number of hydrogen-bond donors (Lipinski definition) is 2. The lowest BCUT2D eigenvalue weighted by atomic mass is 10.1. The Labute approximate surface area is 188 Å². The highest BCUT2D eigenvalue weighted by atomic mass is 35.5. The van der Waals surface area contributed by atoms with E-state index < -0.39 is 5.91 Å². The van der Waals surface area contributed by atoms with Gasteiger partial charge in [-0.2, -0.15) is 0 Å². The number of hydrogen-bond acceptors (Lipinski definition) is 6. The molecule has 0 aliphatic carbocycles. The largest absolute Gasteiger partial charge is 0.486 e. The molecule has 0 fully saturated rings. The molecule has 32 heavy (non-hydrogen) atoms. The first-order valence-corrected chi connectivity index (χ1v) is 10.2. The van der Waals surface area contributed by atoms with E-state index in [0.29, 0.717) is 53.2 Å². The van der Waals surface area contributed by atoms with Gasteiger partial charge in [0, 0.05) is 17.3 Å². The number of carbonyl (C=O) groups is 2. The number of halogens is 1. The van der Waals surface area contributed by atoms with Crippen LogP contribution in [0.3, 0.4) is 0 Å². The van der Waals surface area contributed by atoms with E-state index in [1.54, 1.807) is 48.5 Å². The van der Waals surface area contributed by atoms with Crippen LogP contribution in [0.15, 0.2) is 54.6 Å². The molecular weight excluding hydrogens is 436 g/mol. The number of ether oxygens (including phenoxy) is 4. The standard InChI is InChI=1S/C23H17ClN2O6/c24-16-9-13(10-20-21(16)30-8-7-29-20)22(27)26-17-4-2-1-3-15(17)23(28)25-14-5-6-18-19(11-14)32-12-31-18/h1-6,9-11H,7-8,12H2,(H,25,28)(H,26,27). The van der Waals surface area contributed by atoms with E-state index in [0.717, 1.165) is 0 Å². The Kier molecular flexibility index (Phi) is 5.20. The van der Waals surface area contributed by atoms with E-state index in [2.05, 4.69) is 10.6 Å².